The lowest BCUT2D eigenvalue weighted by Gasteiger charge is -2.30. The third-order valence-electron chi connectivity index (χ3n) is 6.28. The van der Waals surface area contributed by atoms with Gasteiger partial charge in [0, 0.05) is 18.5 Å². The van der Waals surface area contributed by atoms with E-state index in [0.717, 1.165) is 17.4 Å². The zero-order chi connectivity index (χ0) is 25.2. The van der Waals surface area contributed by atoms with Crippen molar-refractivity contribution >= 4 is 45.4 Å². The standard InChI is InChI=1S/C23H24Cl2N4O5S/c1-33-21-6-3-15(20-13-26-28-27-20)11-17(21)22(30)29-9-7-23(14-29,8-10-34-35(2,31)32)16-4-5-18(24)19(25)12-16/h3-6,11-13,20H,7-10,14H2,1-2H3/t20-,23?/m1/s1. The number of nitrogens with zero attached hydrogens (tertiary/aromatic N) is 4. The summed E-state index contributed by atoms with van der Waals surface area (Å²) in [6.45, 7) is 0.775. The molecule has 2 aromatic rings. The number of carbonyl (C=O) groups excluding carboxylic acids is 1. The molecule has 0 spiro atoms. The van der Waals surface area contributed by atoms with Crippen molar-refractivity contribution in [1.29, 1.82) is 0 Å². The van der Waals surface area contributed by atoms with E-state index in [0.29, 0.717) is 47.3 Å². The first-order valence-electron chi connectivity index (χ1n) is 10.8. The summed E-state index contributed by atoms with van der Waals surface area (Å²) in [6, 6.07) is 10.3. The predicted octanol–water partition coefficient (Wildman–Crippen LogP) is 4.64. The average molecular weight is 539 g/mol. The molecule has 1 unspecified atom stereocenters. The van der Waals surface area contributed by atoms with E-state index in [1.54, 1.807) is 35.4 Å². The molecule has 186 valence electrons. The lowest BCUT2D eigenvalue weighted by atomic mass is 9.77. The second-order valence-electron chi connectivity index (χ2n) is 8.54. The fourth-order valence-corrected chi connectivity index (χ4v) is 5.14. The Morgan fingerprint density at radius 2 is 2.00 bits per heavy atom. The fourth-order valence-electron chi connectivity index (χ4n) is 4.45. The molecular weight excluding hydrogens is 515 g/mol. The number of rotatable bonds is 8. The quantitative estimate of drug-likeness (QED) is 0.454. The highest BCUT2D eigenvalue weighted by atomic mass is 35.5. The maximum absolute atomic E-state index is 13.7. The van der Waals surface area contributed by atoms with Crippen LogP contribution >= 0.6 is 23.2 Å². The second-order valence-corrected chi connectivity index (χ2v) is 11.0. The van der Waals surface area contributed by atoms with Crippen LogP contribution in [0.2, 0.25) is 10.0 Å². The summed E-state index contributed by atoms with van der Waals surface area (Å²) in [5.74, 6) is 0.236. The maximum atomic E-state index is 13.7. The van der Waals surface area contributed by atoms with Crippen LogP contribution in [-0.2, 0) is 19.7 Å². The molecule has 9 nitrogen and oxygen atoms in total. The number of hydrogen-bond acceptors (Lipinski definition) is 8. The normalized spacial score (nSPS) is 21.6. The van der Waals surface area contributed by atoms with Crippen LogP contribution in [0.4, 0.5) is 0 Å². The van der Waals surface area contributed by atoms with Crippen LogP contribution < -0.4 is 4.74 Å². The third kappa shape index (κ3) is 5.66. The van der Waals surface area contributed by atoms with Crippen LogP contribution in [0.15, 0.2) is 51.8 Å². The number of ether oxygens (including phenoxy) is 1. The molecule has 12 heteroatoms. The average Bonchev–Trinajstić information content (AvgIpc) is 3.50. The summed E-state index contributed by atoms with van der Waals surface area (Å²) < 4.78 is 33.6. The smallest absolute Gasteiger partial charge is 0.264 e. The van der Waals surface area contributed by atoms with E-state index in [2.05, 4.69) is 15.4 Å². The van der Waals surface area contributed by atoms with Gasteiger partial charge >= 0.3 is 0 Å². The third-order valence-corrected chi connectivity index (χ3v) is 7.62. The van der Waals surface area contributed by atoms with Gasteiger partial charge in [-0.05, 0) is 53.5 Å². The number of carbonyl (C=O) groups is 1. The highest BCUT2D eigenvalue weighted by Crippen LogP contribution is 2.41. The van der Waals surface area contributed by atoms with Gasteiger partial charge in [-0.2, -0.15) is 13.5 Å². The van der Waals surface area contributed by atoms with Crippen LogP contribution in [0.3, 0.4) is 0 Å². The van der Waals surface area contributed by atoms with Crippen LogP contribution in [0.5, 0.6) is 5.75 Å². The van der Waals surface area contributed by atoms with Crippen molar-refractivity contribution < 1.29 is 22.1 Å². The summed E-state index contributed by atoms with van der Waals surface area (Å²) >= 11 is 12.4. The Balaban J connectivity index is 1.63. The molecule has 0 aliphatic carbocycles. The van der Waals surface area contributed by atoms with Gasteiger partial charge < -0.3 is 9.64 Å². The van der Waals surface area contributed by atoms with Gasteiger partial charge in [0.1, 0.15) is 11.8 Å². The van der Waals surface area contributed by atoms with Gasteiger partial charge in [0.05, 0.1) is 41.8 Å². The first kappa shape index (κ1) is 25.6. The molecule has 0 bridgehead atoms. The van der Waals surface area contributed by atoms with Crippen molar-refractivity contribution in [2.45, 2.75) is 24.3 Å². The van der Waals surface area contributed by atoms with Crippen LogP contribution in [0.1, 0.15) is 40.4 Å². The molecule has 2 heterocycles. The van der Waals surface area contributed by atoms with Crippen molar-refractivity contribution in [1.82, 2.24) is 4.90 Å². The molecule has 1 fully saturated rings. The van der Waals surface area contributed by atoms with E-state index in [4.69, 9.17) is 32.1 Å². The van der Waals surface area contributed by atoms with Gasteiger partial charge in [-0.3, -0.25) is 8.98 Å². The molecule has 1 saturated heterocycles. The topological polar surface area (TPSA) is 110 Å². The predicted molar refractivity (Wildman–Crippen MR) is 133 cm³/mol. The summed E-state index contributed by atoms with van der Waals surface area (Å²) in [5.41, 5.74) is 1.47. The number of hydrogen-bond donors (Lipinski definition) is 0. The Hall–Kier alpha value is -2.53. The minimum absolute atomic E-state index is 0.0219. The molecule has 2 aliphatic rings. The van der Waals surface area contributed by atoms with E-state index in [9.17, 15) is 13.2 Å². The Morgan fingerprint density at radius 3 is 2.66 bits per heavy atom. The van der Waals surface area contributed by atoms with Crippen molar-refractivity contribution in [3.63, 3.8) is 0 Å². The first-order valence-corrected chi connectivity index (χ1v) is 13.4. The molecule has 4 rings (SSSR count). The van der Waals surface area contributed by atoms with E-state index in [-0.39, 0.29) is 18.6 Å². The number of likely N-dealkylation sites (tertiary alicyclic amines) is 1. The second kappa shape index (κ2) is 10.2. The molecular formula is C23H24Cl2N4O5S. The molecule has 0 N–H and O–H groups in total. The highest BCUT2D eigenvalue weighted by Gasteiger charge is 2.42. The van der Waals surface area contributed by atoms with Crippen molar-refractivity contribution in [2.75, 3.05) is 33.1 Å². The molecule has 2 atom stereocenters. The van der Waals surface area contributed by atoms with Gasteiger partial charge in [0.25, 0.3) is 16.0 Å². The number of amides is 1. The lowest BCUT2D eigenvalue weighted by molar-refractivity contribution is 0.0776. The van der Waals surface area contributed by atoms with E-state index >= 15 is 0 Å². The maximum Gasteiger partial charge on any atom is 0.264 e. The van der Waals surface area contributed by atoms with Gasteiger partial charge in [-0.25, -0.2) is 0 Å². The fraction of sp³-hybridized carbons (Fsp3) is 0.391. The Kier molecular flexibility index (Phi) is 7.46. The monoisotopic (exact) mass is 538 g/mol. The summed E-state index contributed by atoms with van der Waals surface area (Å²) in [7, 11) is -2.10. The van der Waals surface area contributed by atoms with Crippen LogP contribution in [0, 0.1) is 0 Å². The molecule has 0 radical (unpaired) electrons. The minimum atomic E-state index is -3.61. The zero-order valence-corrected chi connectivity index (χ0v) is 21.5. The first-order chi connectivity index (χ1) is 16.6. The lowest BCUT2D eigenvalue weighted by Crippen LogP contribution is -2.36. The van der Waals surface area contributed by atoms with Crippen LogP contribution in [-0.4, -0.2) is 58.5 Å². The summed E-state index contributed by atoms with van der Waals surface area (Å²) in [6.07, 6.45) is 3.58. The van der Waals surface area contributed by atoms with Crippen molar-refractivity contribution in [2.24, 2.45) is 15.4 Å². The highest BCUT2D eigenvalue weighted by molar-refractivity contribution is 7.85. The molecule has 0 saturated carbocycles. The molecule has 0 aromatic heterocycles. The van der Waals surface area contributed by atoms with Gasteiger partial charge in [0.2, 0.25) is 0 Å². The summed E-state index contributed by atoms with van der Waals surface area (Å²) in [4.78, 5) is 15.4. The minimum Gasteiger partial charge on any atom is -0.496 e. The van der Waals surface area contributed by atoms with Crippen molar-refractivity contribution in [3.8, 4) is 5.75 Å². The zero-order valence-electron chi connectivity index (χ0n) is 19.1. The number of halogens is 2. The Morgan fingerprint density at radius 1 is 1.20 bits per heavy atom. The molecule has 35 heavy (non-hydrogen) atoms. The van der Waals surface area contributed by atoms with E-state index in [1.807, 2.05) is 12.1 Å². The molecule has 2 aromatic carbocycles. The number of methoxy groups -OCH3 is 1. The SMILES string of the molecule is COc1ccc([C@H]2C=NN=N2)cc1C(=O)N1CCC(CCOS(C)(=O)=O)(c2ccc(Cl)c(Cl)c2)C1. The van der Waals surface area contributed by atoms with Crippen LogP contribution in [0.25, 0.3) is 0 Å². The number of benzene rings is 2. The largest absolute Gasteiger partial charge is 0.496 e. The molecule has 2 aliphatic heterocycles. The molecule has 1 amide bonds. The Bertz CT molecular complexity index is 1290. The van der Waals surface area contributed by atoms with E-state index < -0.39 is 15.5 Å². The Labute approximate surface area is 213 Å². The van der Waals surface area contributed by atoms with Gasteiger partial charge in [-0.1, -0.05) is 35.3 Å². The van der Waals surface area contributed by atoms with Crippen molar-refractivity contribution in [3.05, 3.63) is 63.1 Å². The van der Waals surface area contributed by atoms with Gasteiger partial charge in [-0.15, -0.1) is 5.10 Å². The van der Waals surface area contributed by atoms with Gasteiger partial charge in [0.15, 0.2) is 0 Å². The summed E-state index contributed by atoms with van der Waals surface area (Å²) in [5, 5.41) is 12.3. The van der Waals surface area contributed by atoms with E-state index in [1.165, 1.54) is 7.11 Å².